The highest BCUT2D eigenvalue weighted by molar-refractivity contribution is 9.10. The molecule has 0 fully saturated rings. The number of rotatable bonds is 1. The number of benzene rings is 5. The summed E-state index contributed by atoms with van der Waals surface area (Å²) in [5.74, 6) is 0.235. The predicted molar refractivity (Wildman–Crippen MR) is 142 cm³/mol. The highest BCUT2D eigenvalue weighted by Gasteiger charge is 2.56. The summed E-state index contributed by atoms with van der Waals surface area (Å²) in [5.41, 5.74) is 14.4. The Labute approximate surface area is 207 Å². The maximum absolute atomic E-state index is 3.96. The molecule has 0 amide bonds. The second-order valence-corrected chi connectivity index (χ2v) is 10.3. The van der Waals surface area contributed by atoms with Crippen LogP contribution >= 0.6 is 15.9 Å². The van der Waals surface area contributed by atoms with Crippen LogP contribution in [-0.4, -0.2) is 0 Å². The summed E-state index contributed by atoms with van der Waals surface area (Å²) in [5, 5.41) is 3.81. The van der Waals surface area contributed by atoms with Gasteiger partial charge in [-0.05, 0) is 68.8 Å². The van der Waals surface area contributed by atoms with Gasteiger partial charge in [0.2, 0.25) is 0 Å². The van der Waals surface area contributed by atoms with E-state index in [2.05, 4.69) is 130 Å². The van der Waals surface area contributed by atoms with E-state index in [0.717, 1.165) is 0 Å². The molecule has 3 aliphatic carbocycles. The molecule has 0 radical (unpaired) electrons. The van der Waals surface area contributed by atoms with Crippen molar-refractivity contribution in [2.45, 2.75) is 11.3 Å². The summed E-state index contributed by atoms with van der Waals surface area (Å²) in [6.45, 7) is 0. The molecule has 160 valence electrons. The fourth-order valence-electron chi connectivity index (χ4n) is 6.80. The average molecular weight is 498 g/mol. The molecule has 0 saturated carbocycles. The summed E-state index contributed by atoms with van der Waals surface area (Å²) >= 11 is 3.96. The monoisotopic (exact) mass is 497 g/mol. The predicted octanol–water partition coefficient (Wildman–Crippen LogP) is 8.36. The minimum atomic E-state index is -0.345. The fraction of sp³-hybridized carbons (Fsp3) is 0.0625. The third kappa shape index (κ3) is 2.11. The van der Waals surface area contributed by atoms with Crippen LogP contribution in [0.1, 0.15) is 44.9 Å². The first-order chi connectivity index (χ1) is 16.8. The number of hydrogen-bond acceptors (Lipinski definition) is 1. The van der Waals surface area contributed by atoms with Gasteiger partial charge in [0.15, 0.2) is 0 Å². The van der Waals surface area contributed by atoms with Gasteiger partial charge in [-0.2, -0.15) is 0 Å². The molecular formula is C32H20BrN. The van der Waals surface area contributed by atoms with E-state index in [-0.39, 0.29) is 11.3 Å². The van der Waals surface area contributed by atoms with E-state index >= 15 is 0 Å². The zero-order chi connectivity index (χ0) is 22.4. The van der Waals surface area contributed by atoms with Gasteiger partial charge >= 0.3 is 0 Å². The first-order valence-electron chi connectivity index (χ1n) is 11.8. The van der Waals surface area contributed by atoms with E-state index in [1.54, 1.807) is 0 Å². The lowest BCUT2D eigenvalue weighted by Gasteiger charge is -2.54. The maximum Gasteiger partial charge on any atom is 0.0751 e. The van der Waals surface area contributed by atoms with Crippen molar-refractivity contribution in [1.82, 2.24) is 0 Å². The number of fused-ring (bicyclic) bond motifs is 1. The molecule has 2 bridgehead atoms. The molecule has 0 aromatic heterocycles. The minimum absolute atomic E-state index is 0.235. The molecule has 1 aliphatic heterocycles. The van der Waals surface area contributed by atoms with Gasteiger partial charge in [-0.3, -0.25) is 0 Å². The Morgan fingerprint density at radius 1 is 0.588 bits per heavy atom. The third-order valence-electron chi connectivity index (χ3n) is 8.01. The summed E-state index contributed by atoms with van der Waals surface area (Å²) in [6, 6.07) is 40.3. The van der Waals surface area contributed by atoms with Gasteiger partial charge in [0.1, 0.15) is 0 Å². The van der Waals surface area contributed by atoms with Crippen LogP contribution in [0.5, 0.6) is 0 Å². The van der Waals surface area contributed by atoms with Crippen LogP contribution in [0.3, 0.4) is 0 Å². The summed E-state index contributed by atoms with van der Waals surface area (Å²) in [4.78, 5) is 0. The Hall–Kier alpha value is -3.62. The largest absolute Gasteiger partial charge is 0.355 e. The smallest absolute Gasteiger partial charge is 0.0751 e. The molecule has 5 aromatic rings. The van der Waals surface area contributed by atoms with E-state index in [4.69, 9.17) is 0 Å². The van der Waals surface area contributed by atoms with Crippen molar-refractivity contribution >= 4 is 27.3 Å². The molecule has 1 spiro atoms. The standard InChI is InChI=1S/C32H20BrN/c33-26-15-17-28-31-30(26)29-21-10-4-6-12-23(21)32(31,24-13-7-5-11-22(24)29)25-18-20(14-16-27(25)34-28)19-8-2-1-3-9-19/h1-18,29,34H. The van der Waals surface area contributed by atoms with Gasteiger partial charge in [0.25, 0.3) is 0 Å². The lowest BCUT2D eigenvalue weighted by molar-refractivity contribution is 0.625. The highest BCUT2D eigenvalue weighted by Crippen LogP contribution is 2.67. The molecule has 1 nitrogen and oxygen atoms in total. The second-order valence-electron chi connectivity index (χ2n) is 9.49. The van der Waals surface area contributed by atoms with Crippen molar-refractivity contribution in [2.24, 2.45) is 0 Å². The van der Waals surface area contributed by atoms with Gasteiger partial charge < -0.3 is 5.32 Å². The maximum atomic E-state index is 3.96. The lowest BCUT2D eigenvalue weighted by atomic mass is 9.49. The summed E-state index contributed by atoms with van der Waals surface area (Å²) < 4.78 is 1.19. The van der Waals surface area contributed by atoms with Crippen LogP contribution < -0.4 is 5.32 Å². The summed E-state index contributed by atoms with van der Waals surface area (Å²) in [7, 11) is 0. The number of anilines is 2. The fourth-order valence-corrected chi connectivity index (χ4v) is 7.36. The summed E-state index contributed by atoms with van der Waals surface area (Å²) in [6.07, 6.45) is 0. The second kappa shape index (κ2) is 6.49. The molecule has 0 unspecified atom stereocenters. The van der Waals surface area contributed by atoms with E-state index in [9.17, 15) is 0 Å². The van der Waals surface area contributed by atoms with Crippen LogP contribution in [0, 0.1) is 0 Å². The normalized spacial score (nSPS) is 20.0. The quantitative estimate of drug-likeness (QED) is 0.240. The first kappa shape index (κ1) is 18.8. The van der Waals surface area contributed by atoms with Gasteiger partial charge in [-0.15, -0.1) is 0 Å². The number of hydrogen-bond donors (Lipinski definition) is 1. The van der Waals surface area contributed by atoms with Crippen molar-refractivity contribution in [3.8, 4) is 11.1 Å². The average Bonchev–Trinajstić information content (AvgIpc) is 2.91. The Bertz CT molecular complexity index is 1600. The van der Waals surface area contributed by atoms with E-state index in [0.29, 0.717) is 0 Å². The van der Waals surface area contributed by atoms with Crippen LogP contribution in [-0.2, 0) is 5.41 Å². The molecule has 34 heavy (non-hydrogen) atoms. The van der Waals surface area contributed by atoms with E-state index < -0.39 is 0 Å². The van der Waals surface area contributed by atoms with E-state index in [1.807, 2.05) is 0 Å². The van der Waals surface area contributed by atoms with Crippen molar-refractivity contribution in [1.29, 1.82) is 0 Å². The lowest BCUT2D eigenvalue weighted by Crippen LogP contribution is -2.45. The van der Waals surface area contributed by atoms with Gasteiger partial charge in [-0.1, -0.05) is 101 Å². The van der Waals surface area contributed by atoms with Gasteiger partial charge in [-0.25, -0.2) is 0 Å². The van der Waals surface area contributed by atoms with Gasteiger partial charge in [0.05, 0.1) is 5.41 Å². The van der Waals surface area contributed by atoms with Crippen molar-refractivity contribution in [3.63, 3.8) is 0 Å². The van der Waals surface area contributed by atoms with Crippen LogP contribution in [0.15, 0.2) is 114 Å². The molecular weight excluding hydrogens is 478 g/mol. The topological polar surface area (TPSA) is 12.0 Å². The third-order valence-corrected chi connectivity index (χ3v) is 8.70. The molecule has 2 heteroatoms. The Morgan fingerprint density at radius 3 is 1.97 bits per heavy atom. The molecule has 4 aliphatic rings. The van der Waals surface area contributed by atoms with Crippen molar-refractivity contribution in [2.75, 3.05) is 5.32 Å². The van der Waals surface area contributed by atoms with Gasteiger partial charge in [0, 0.05) is 27.3 Å². The number of halogens is 1. The Kier molecular flexibility index (Phi) is 3.58. The Morgan fingerprint density at radius 2 is 1.24 bits per heavy atom. The Balaban J connectivity index is 1.58. The molecule has 9 rings (SSSR count). The van der Waals surface area contributed by atoms with E-state index in [1.165, 1.54) is 65.9 Å². The highest BCUT2D eigenvalue weighted by atomic mass is 79.9. The zero-order valence-electron chi connectivity index (χ0n) is 18.3. The van der Waals surface area contributed by atoms with Crippen LogP contribution in [0.2, 0.25) is 0 Å². The zero-order valence-corrected chi connectivity index (χ0v) is 19.9. The molecule has 1 N–H and O–H groups in total. The van der Waals surface area contributed by atoms with Crippen molar-refractivity contribution in [3.05, 3.63) is 153 Å². The molecule has 1 heterocycles. The molecule has 5 aromatic carbocycles. The SMILES string of the molecule is Brc1ccc2c3c1C1c4ccccc4C3(c3cc(-c4ccccc4)ccc3N2)c2ccccc21. The first-order valence-corrected chi connectivity index (χ1v) is 12.6. The molecule has 0 atom stereocenters. The van der Waals surface area contributed by atoms with Crippen LogP contribution in [0.4, 0.5) is 11.4 Å². The van der Waals surface area contributed by atoms with Crippen LogP contribution in [0.25, 0.3) is 11.1 Å². The van der Waals surface area contributed by atoms with Crippen molar-refractivity contribution < 1.29 is 0 Å². The number of nitrogens with one attached hydrogen (secondary N) is 1. The minimum Gasteiger partial charge on any atom is -0.355 e. The molecule has 0 saturated heterocycles.